The van der Waals surface area contributed by atoms with Crippen molar-refractivity contribution in [2.75, 3.05) is 11.9 Å². The normalized spacial score (nSPS) is 12.3. The fraction of sp³-hybridized carbons (Fsp3) is 0.182. The van der Waals surface area contributed by atoms with Crippen molar-refractivity contribution >= 4 is 28.6 Å². The Kier molecular flexibility index (Phi) is 3.09. The number of aromatic amines is 2. The van der Waals surface area contributed by atoms with Gasteiger partial charge in [0, 0.05) is 12.7 Å². The smallest absolute Gasteiger partial charge is 0.330 e. The first-order valence-corrected chi connectivity index (χ1v) is 5.38. The Hall–Kier alpha value is -2.61. The number of aromatic nitrogens is 2. The van der Waals surface area contributed by atoms with Gasteiger partial charge in [-0.1, -0.05) is 0 Å². The quantitative estimate of drug-likeness (QED) is 0.540. The molecule has 2 aromatic rings. The molecule has 1 unspecified atom stereocenters. The molecule has 0 fully saturated rings. The molecule has 0 saturated heterocycles. The molecule has 1 aromatic heterocycles. The van der Waals surface area contributed by atoms with Gasteiger partial charge in [-0.05, 0) is 18.2 Å². The fourth-order valence-corrected chi connectivity index (χ4v) is 1.67. The molecule has 0 bridgehead atoms. The number of aliphatic carboxylic acids is 1. The molecule has 1 atom stereocenters. The minimum Gasteiger partial charge on any atom is -0.480 e. The number of nitrogens with two attached hydrogens (primary N) is 1. The van der Waals surface area contributed by atoms with Crippen molar-refractivity contribution in [2.45, 2.75) is 6.04 Å². The van der Waals surface area contributed by atoms with Gasteiger partial charge in [0.1, 0.15) is 0 Å². The number of nitrogens with zero attached hydrogens (tertiary/aromatic N) is 1. The highest BCUT2D eigenvalue weighted by Gasteiger charge is 2.25. The van der Waals surface area contributed by atoms with Crippen molar-refractivity contribution in [3.8, 4) is 0 Å². The highest BCUT2D eigenvalue weighted by molar-refractivity contribution is 6.09. The second kappa shape index (κ2) is 4.58. The molecule has 0 aliphatic carbocycles. The van der Waals surface area contributed by atoms with E-state index in [4.69, 9.17) is 10.8 Å². The first-order chi connectivity index (χ1) is 8.90. The molecular formula is C11H12N4O4. The molecule has 0 aliphatic heterocycles. The van der Waals surface area contributed by atoms with Crippen LogP contribution in [0.25, 0.3) is 11.0 Å². The molecular weight excluding hydrogens is 252 g/mol. The van der Waals surface area contributed by atoms with Crippen LogP contribution in [0, 0.1) is 0 Å². The topological polar surface area (TPSA) is 132 Å². The van der Waals surface area contributed by atoms with E-state index in [0.717, 1.165) is 4.90 Å². The van der Waals surface area contributed by atoms with Gasteiger partial charge < -0.3 is 25.7 Å². The Morgan fingerprint density at radius 2 is 1.95 bits per heavy atom. The van der Waals surface area contributed by atoms with Crippen LogP contribution in [0.2, 0.25) is 0 Å². The third kappa shape index (κ3) is 2.33. The summed E-state index contributed by atoms with van der Waals surface area (Å²) in [6.07, 6.45) is 0. The molecule has 19 heavy (non-hydrogen) atoms. The predicted octanol–water partition coefficient (Wildman–Crippen LogP) is -0.769. The maximum absolute atomic E-state index is 11.8. The van der Waals surface area contributed by atoms with Gasteiger partial charge in [0.25, 0.3) is 5.91 Å². The maximum atomic E-state index is 11.8. The van der Waals surface area contributed by atoms with Crippen LogP contribution >= 0.6 is 0 Å². The van der Waals surface area contributed by atoms with Gasteiger partial charge in [0.05, 0.1) is 11.0 Å². The molecule has 1 heterocycles. The first-order valence-electron chi connectivity index (χ1n) is 5.38. The van der Waals surface area contributed by atoms with Crippen molar-refractivity contribution in [1.82, 2.24) is 9.97 Å². The first kappa shape index (κ1) is 12.8. The Balaban J connectivity index is 2.35. The van der Waals surface area contributed by atoms with Gasteiger partial charge >= 0.3 is 11.7 Å². The summed E-state index contributed by atoms with van der Waals surface area (Å²) >= 11 is 0. The Labute approximate surface area is 106 Å². The van der Waals surface area contributed by atoms with Gasteiger partial charge in [0.15, 0.2) is 6.04 Å². The number of imidazole rings is 1. The van der Waals surface area contributed by atoms with Crippen LogP contribution in [0.4, 0.5) is 5.69 Å². The highest BCUT2D eigenvalue weighted by Crippen LogP contribution is 2.18. The molecule has 1 aromatic carbocycles. The van der Waals surface area contributed by atoms with Crippen LogP contribution in [0.5, 0.6) is 0 Å². The summed E-state index contributed by atoms with van der Waals surface area (Å²) in [7, 11) is 1.41. The number of fused-ring (bicyclic) bond motifs is 1. The lowest BCUT2D eigenvalue weighted by Gasteiger charge is -2.19. The van der Waals surface area contributed by atoms with Gasteiger partial charge in [-0.15, -0.1) is 0 Å². The van der Waals surface area contributed by atoms with E-state index in [9.17, 15) is 14.4 Å². The van der Waals surface area contributed by atoms with Crippen LogP contribution in [-0.2, 0) is 9.59 Å². The second-order valence-corrected chi connectivity index (χ2v) is 4.02. The zero-order valence-electron chi connectivity index (χ0n) is 10.0. The number of carbonyl (C=O) groups is 2. The molecule has 100 valence electrons. The van der Waals surface area contributed by atoms with Crippen molar-refractivity contribution in [2.24, 2.45) is 5.73 Å². The average Bonchev–Trinajstić information content (AvgIpc) is 2.74. The Morgan fingerprint density at radius 3 is 2.58 bits per heavy atom. The summed E-state index contributed by atoms with van der Waals surface area (Å²) in [6, 6.07) is 3.13. The average molecular weight is 264 g/mol. The SMILES string of the molecule is CN(C(=O)C(N)C(=O)O)c1ccc2[nH]c(=O)[nH]c2c1. The van der Waals surface area contributed by atoms with Crippen LogP contribution in [0.15, 0.2) is 23.0 Å². The largest absolute Gasteiger partial charge is 0.480 e. The van der Waals surface area contributed by atoms with E-state index in [1.807, 2.05) is 0 Å². The summed E-state index contributed by atoms with van der Waals surface area (Å²) in [6.45, 7) is 0. The van der Waals surface area contributed by atoms with Crippen molar-refractivity contribution in [1.29, 1.82) is 0 Å². The van der Waals surface area contributed by atoms with Gasteiger partial charge in [0.2, 0.25) is 0 Å². The lowest BCUT2D eigenvalue weighted by atomic mass is 10.2. The Morgan fingerprint density at radius 1 is 1.32 bits per heavy atom. The number of nitrogens with one attached hydrogen (secondary N) is 2. The van der Waals surface area contributed by atoms with Crippen LogP contribution in [0.1, 0.15) is 0 Å². The molecule has 0 saturated carbocycles. The van der Waals surface area contributed by atoms with Crippen molar-refractivity contribution in [3.05, 3.63) is 28.7 Å². The second-order valence-electron chi connectivity index (χ2n) is 4.02. The zero-order chi connectivity index (χ0) is 14.2. The summed E-state index contributed by atoms with van der Waals surface area (Å²) < 4.78 is 0. The van der Waals surface area contributed by atoms with Crippen molar-refractivity contribution in [3.63, 3.8) is 0 Å². The molecule has 8 nitrogen and oxygen atoms in total. The number of carboxylic acid groups (broad SMARTS) is 1. The van der Waals surface area contributed by atoms with Crippen molar-refractivity contribution < 1.29 is 14.7 Å². The van der Waals surface area contributed by atoms with E-state index < -0.39 is 17.9 Å². The maximum Gasteiger partial charge on any atom is 0.330 e. The van der Waals surface area contributed by atoms with Gasteiger partial charge in [-0.25, -0.2) is 9.59 Å². The molecule has 0 aliphatic rings. The lowest BCUT2D eigenvalue weighted by Crippen LogP contribution is -2.46. The number of anilines is 1. The number of likely N-dealkylation sites (N-methyl/N-ethyl adjacent to an activating group) is 1. The van der Waals surface area contributed by atoms with E-state index in [1.54, 1.807) is 18.2 Å². The van der Waals surface area contributed by atoms with Crippen LogP contribution in [-0.4, -0.2) is 40.0 Å². The molecule has 2 rings (SSSR count). The zero-order valence-corrected chi connectivity index (χ0v) is 10.0. The number of carbonyl (C=O) groups excluding carboxylic acids is 1. The number of benzene rings is 1. The molecule has 1 amide bonds. The number of hydrogen-bond acceptors (Lipinski definition) is 4. The standard InChI is InChI=1S/C11H12N4O4/c1-15(9(16)8(12)10(17)18)5-2-3-6-7(4-5)14-11(19)13-6/h2-4,8H,12H2,1H3,(H,17,18)(H2,13,14,19). The highest BCUT2D eigenvalue weighted by atomic mass is 16.4. The number of rotatable bonds is 3. The van der Waals surface area contributed by atoms with Gasteiger partial charge in [-0.3, -0.25) is 4.79 Å². The Bertz CT molecular complexity index is 702. The van der Waals surface area contributed by atoms with E-state index in [0.29, 0.717) is 16.7 Å². The van der Waals surface area contributed by atoms with Crippen LogP contribution < -0.4 is 16.3 Å². The fourth-order valence-electron chi connectivity index (χ4n) is 1.67. The van der Waals surface area contributed by atoms with E-state index in [2.05, 4.69) is 9.97 Å². The van der Waals surface area contributed by atoms with Gasteiger partial charge in [-0.2, -0.15) is 0 Å². The third-order valence-electron chi connectivity index (χ3n) is 2.75. The van der Waals surface area contributed by atoms with E-state index in [-0.39, 0.29) is 5.69 Å². The summed E-state index contributed by atoms with van der Waals surface area (Å²) in [4.78, 5) is 39.8. The summed E-state index contributed by atoms with van der Waals surface area (Å²) in [5.74, 6) is -2.14. The minimum atomic E-state index is -1.62. The molecule has 0 spiro atoms. The molecule has 8 heteroatoms. The van der Waals surface area contributed by atoms with Crippen LogP contribution in [0.3, 0.4) is 0 Å². The van der Waals surface area contributed by atoms with E-state index >= 15 is 0 Å². The number of amides is 1. The molecule has 0 radical (unpaired) electrons. The third-order valence-corrected chi connectivity index (χ3v) is 2.75. The summed E-state index contributed by atoms with van der Waals surface area (Å²) in [5.41, 5.74) is 6.45. The number of H-pyrrole nitrogens is 2. The molecule has 5 N–H and O–H groups in total. The lowest BCUT2D eigenvalue weighted by molar-refractivity contribution is -0.142. The number of carboxylic acids is 1. The predicted molar refractivity (Wildman–Crippen MR) is 67.9 cm³/mol. The summed E-state index contributed by atoms with van der Waals surface area (Å²) in [5, 5.41) is 8.70. The minimum absolute atomic E-state index is 0.358. The number of hydrogen-bond donors (Lipinski definition) is 4. The monoisotopic (exact) mass is 264 g/mol. The van der Waals surface area contributed by atoms with E-state index in [1.165, 1.54) is 7.05 Å².